The second kappa shape index (κ2) is 8.43. The van der Waals surface area contributed by atoms with E-state index in [9.17, 15) is 18.0 Å². The van der Waals surface area contributed by atoms with Crippen LogP contribution in [0, 0.1) is 0 Å². The van der Waals surface area contributed by atoms with E-state index in [2.05, 4.69) is 10.1 Å². The van der Waals surface area contributed by atoms with Crippen LogP contribution in [0.25, 0.3) is 11.4 Å². The van der Waals surface area contributed by atoms with E-state index in [0.29, 0.717) is 16.4 Å². The Labute approximate surface area is 163 Å². The first-order chi connectivity index (χ1) is 13.3. The van der Waals surface area contributed by atoms with Gasteiger partial charge in [0.05, 0.1) is 12.0 Å². The van der Waals surface area contributed by atoms with Gasteiger partial charge in [-0.25, -0.2) is 0 Å². The average Bonchev–Trinajstić information content (AvgIpc) is 3.14. The predicted molar refractivity (Wildman–Crippen MR) is 94.3 cm³/mol. The van der Waals surface area contributed by atoms with Crippen LogP contribution in [-0.4, -0.2) is 16.1 Å². The molecule has 0 spiro atoms. The fourth-order valence-corrected chi connectivity index (χ4v) is 2.48. The predicted octanol–water partition coefficient (Wildman–Crippen LogP) is 5.08. The highest BCUT2D eigenvalue weighted by Crippen LogP contribution is 2.29. The summed E-state index contributed by atoms with van der Waals surface area (Å²) in [5, 5.41) is 4.41. The summed E-state index contributed by atoms with van der Waals surface area (Å²) in [4.78, 5) is 16.0. The number of ether oxygens (including phenoxy) is 1. The number of aryl methyl sites for hydroxylation is 1. The summed E-state index contributed by atoms with van der Waals surface area (Å²) in [5.41, 5.74) is 0.180. The summed E-state index contributed by atoms with van der Waals surface area (Å²) in [6.07, 6.45) is -4.33. The number of nitrogens with zero attached hydrogens (tertiary/aromatic N) is 2. The first-order valence-electron chi connectivity index (χ1n) is 8.21. The van der Waals surface area contributed by atoms with E-state index in [1.807, 2.05) is 0 Å². The number of hydrogen-bond donors (Lipinski definition) is 0. The van der Waals surface area contributed by atoms with Crippen molar-refractivity contribution >= 4 is 17.6 Å². The first kappa shape index (κ1) is 19.9. The Morgan fingerprint density at radius 1 is 1.14 bits per heavy atom. The minimum Gasteiger partial charge on any atom is -0.461 e. The molecule has 28 heavy (non-hydrogen) atoms. The van der Waals surface area contributed by atoms with Crippen LogP contribution in [0.15, 0.2) is 53.1 Å². The lowest BCUT2D eigenvalue weighted by molar-refractivity contribution is -0.145. The molecular formula is C19H14ClF3N2O3. The van der Waals surface area contributed by atoms with Gasteiger partial charge in [0.1, 0.15) is 6.61 Å². The van der Waals surface area contributed by atoms with Gasteiger partial charge in [-0.3, -0.25) is 4.79 Å². The quantitative estimate of drug-likeness (QED) is 0.530. The standard InChI is InChI=1S/C19H14ClF3N2O3/c20-15-6-4-13(5-7-15)18-24-16(28-25-18)8-9-17(26)27-11-12-2-1-3-14(10-12)19(21,22)23/h1-7,10H,8-9,11H2. The van der Waals surface area contributed by atoms with Crippen LogP contribution in [0.1, 0.15) is 23.4 Å². The highest BCUT2D eigenvalue weighted by atomic mass is 35.5. The molecule has 3 aromatic rings. The SMILES string of the molecule is O=C(CCc1nc(-c2ccc(Cl)cc2)no1)OCc1cccc(C(F)(F)F)c1. The van der Waals surface area contributed by atoms with Crippen LogP contribution in [0.3, 0.4) is 0 Å². The minimum atomic E-state index is -4.44. The van der Waals surface area contributed by atoms with Gasteiger partial charge in [-0.2, -0.15) is 18.2 Å². The monoisotopic (exact) mass is 410 g/mol. The number of carbonyl (C=O) groups excluding carboxylic acids is 1. The molecule has 9 heteroatoms. The van der Waals surface area contributed by atoms with Crippen LogP contribution < -0.4 is 0 Å². The minimum absolute atomic E-state index is 0.0405. The van der Waals surface area contributed by atoms with E-state index in [-0.39, 0.29) is 30.9 Å². The van der Waals surface area contributed by atoms with E-state index in [4.69, 9.17) is 20.9 Å². The molecule has 0 aliphatic heterocycles. The molecule has 0 fully saturated rings. The normalized spacial score (nSPS) is 11.4. The zero-order valence-electron chi connectivity index (χ0n) is 14.4. The summed E-state index contributed by atoms with van der Waals surface area (Å²) in [6, 6.07) is 11.5. The summed E-state index contributed by atoms with van der Waals surface area (Å²) in [6.45, 7) is -0.247. The van der Waals surface area contributed by atoms with Crippen LogP contribution in [-0.2, 0) is 28.7 Å². The number of rotatable bonds is 6. The highest BCUT2D eigenvalue weighted by molar-refractivity contribution is 6.30. The molecule has 5 nitrogen and oxygen atoms in total. The molecule has 0 aliphatic rings. The van der Waals surface area contributed by atoms with Gasteiger partial charge in [-0.1, -0.05) is 28.9 Å². The molecule has 0 unspecified atom stereocenters. The summed E-state index contributed by atoms with van der Waals surface area (Å²) >= 11 is 5.82. The van der Waals surface area contributed by atoms with Gasteiger partial charge in [-0.05, 0) is 42.0 Å². The Kier molecular flexibility index (Phi) is 5.99. The molecule has 2 aromatic carbocycles. The largest absolute Gasteiger partial charge is 0.461 e. The Morgan fingerprint density at radius 2 is 1.89 bits per heavy atom. The van der Waals surface area contributed by atoms with E-state index >= 15 is 0 Å². The molecular weight excluding hydrogens is 397 g/mol. The van der Waals surface area contributed by atoms with E-state index < -0.39 is 17.7 Å². The smallest absolute Gasteiger partial charge is 0.416 e. The van der Waals surface area contributed by atoms with Crippen LogP contribution >= 0.6 is 11.6 Å². The number of hydrogen-bond acceptors (Lipinski definition) is 5. The number of esters is 1. The highest BCUT2D eigenvalue weighted by Gasteiger charge is 2.30. The van der Waals surface area contributed by atoms with Crippen molar-refractivity contribution in [1.29, 1.82) is 0 Å². The Bertz CT molecular complexity index is 956. The summed E-state index contributed by atoms with van der Waals surface area (Å²) < 4.78 is 48.1. The maximum absolute atomic E-state index is 12.7. The Balaban J connectivity index is 1.50. The molecule has 0 saturated carbocycles. The van der Waals surface area contributed by atoms with Crippen molar-refractivity contribution in [1.82, 2.24) is 10.1 Å². The van der Waals surface area contributed by atoms with Crippen molar-refractivity contribution in [2.24, 2.45) is 0 Å². The number of benzene rings is 2. The topological polar surface area (TPSA) is 65.2 Å². The Morgan fingerprint density at radius 3 is 2.61 bits per heavy atom. The molecule has 0 atom stereocenters. The van der Waals surface area contributed by atoms with E-state index in [1.54, 1.807) is 24.3 Å². The van der Waals surface area contributed by atoms with Gasteiger partial charge >= 0.3 is 12.1 Å². The third-order valence-corrected chi connectivity index (χ3v) is 4.02. The van der Waals surface area contributed by atoms with Crippen molar-refractivity contribution in [3.8, 4) is 11.4 Å². The maximum Gasteiger partial charge on any atom is 0.416 e. The van der Waals surface area contributed by atoms with Crippen molar-refractivity contribution < 1.29 is 27.2 Å². The zero-order valence-corrected chi connectivity index (χ0v) is 15.1. The molecule has 0 saturated heterocycles. The molecule has 3 rings (SSSR count). The maximum atomic E-state index is 12.7. The fourth-order valence-electron chi connectivity index (χ4n) is 2.36. The third kappa shape index (κ3) is 5.32. The third-order valence-electron chi connectivity index (χ3n) is 3.77. The van der Waals surface area contributed by atoms with Crippen molar-refractivity contribution in [2.75, 3.05) is 0 Å². The molecule has 0 radical (unpaired) electrons. The van der Waals surface area contributed by atoms with Crippen LogP contribution in [0.5, 0.6) is 0 Å². The lowest BCUT2D eigenvalue weighted by Crippen LogP contribution is -2.08. The van der Waals surface area contributed by atoms with Gasteiger partial charge in [-0.15, -0.1) is 0 Å². The van der Waals surface area contributed by atoms with Gasteiger partial charge in [0.25, 0.3) is 0 Å². The zero-order chi connectivity index (χ0) is 20.1. The average molecular weight is 411 g/mol. The van der Waals surface area contributed by atoms with Gasteiger partial charge in [0, 0.05) is 17.0 Å². The van der Waals surface area contributed by atoms with Crippen LogP contribution in [0.2, 0.25) is 5.02 Å². The first-order valence-corrected chi connectivity index (χ1v) is 8.59. The van der Waals surface area contributed by atoms with Crippen molar-refractivity contribution in [2.45, 2.75) is 25.6 Å². The van der Waals surface area contributed by atoms with Gasteiger partial charge < -0.3 is 9.26 Å². The molecule has 0 amide bonds. The molecule has 146 valence electrons. The summed E-state index contributed by atoms with van der Waals surface area (Å²) in [5.74, 6) is 0.0358. The fraction of sp³-hybridized carbons (Fsp3) is 0.211. The molecule has 0 bridgehead atoms. The van der Waals surface area contributed by atoms with Crippen molar-refractivity contribution in [3.05, 3.63) is 70.6 Å². The second-order valence-corrected chi connectivity index (χ2v) is 6.31. The number of carbonyl (C=O) groups is 1. The van der Waals surface area contributed by atoms with Crippen molar-refractivity contribution in [3.63, 3.8) is 0 Å². The van der Waals surface area contributed by atoms with E-state index in [1.165, 1.54) is 12.1 Å². The number of halogens is 4. The molecule has 1 heterocycles. The summed E-state index contributed by atoms with van der Waals surface area (Å²) in [7, 11) is 0. The number of aromatic nitrogens is 2. The molecule has 0 N–H and O–H groups in total. The lowest BCUT2D eigenvalue weighted by Gasteiger charge is -2.09. The van der Waals surface area contributed by atoms with E-state index in [0.717, 1.165) is 12.1 Å². The molecule has 1 aromatic heterocycles. The second-order valence-electron chi connectivity index (χ2n) is 5.88. The van der Waals surface area contributed by atoms with Gasteiger partial charge in [0.2, 0.25) is 11.7 Å². The van der Waals surface area contributed by atoms with Crippen LogP contribution in [0.4, 0.5) is 13.2 Å². The molecule has 0 aliphatic carbocycles. The Hall–Kier alpha value is -2.87. The number of alkyl halides is 3. The lowest BCUT2D eigenvalue weighted by atomic mass is 10.1. The van der Waals surface area contributed by atoms with Gasteiger partial charge in [0.15, 0.2) is 0 Å².